The van der Waals surface area contributed by atoms with Gasteiger partial charge in [0.15, 0.2) is 0 Å². The first kappa shape index (κ1) is 25.4. The lowest BCUT2D eigenvalue weighted by molar-refractivity contribution is 0.0873. The molecule has 0 saturated carbocycles. The van der Waals surface area contributed by atoms with E-state index < -0.39 is 23.6 Å². The summed E-state index contributed by atoms with van der Waals surface area (Å²) in [6.45, 7) is 0. The van der Waals surface area contributed by atoms with E-state index in [0.717, 1.165) is 9.80 Å². The van der Waals surface area contributed by atoms with Crippen molar-refractivity contribution in [2.24, 2.45) is 0 Å². The Morgan fingerprint density at radius 3 is 1.61 bits per heavy atom. The van der Waals surface area contributed by atoms with Crippen LogP contribution in [0.15, 0.2) is 122 Å². The number of benzene rings is 4. The second-order valence-corrected chi connectivity index (χ2v) is 10.5. The molecule has 4 heterocycles. The summed E-state index contributed by atoms with van der Waals surface area (Å²) in [7, 11) is 0. The van der Waals surface area contributed by atoms with E-state index in [-0.39, 0.29) is 22.3 Å². The quantitative estimate of drug-likeness (QED) is 0.222. The van der Waals surface area contributed by atoms with Gasteiger partial charge >= 0.3 is 0 Å². The molecule has 208 valence electrons. The molecule has 2 aliphatic heterocycles. The number of carbonyl (C=O) groups is 4. The third-order valence-electron chi connectivity index (χ3n) is 8.03. The number of aromatic nitrogens is 2. The number of rotatable bonds is 4. The fraction of sp³-hybridized carbons (Fsp3) is 0. The van der Waals surface area contributed by atoms with Crippen molar-refractivity contribution in [1.29, 1.82) is 0 Å². The van der Waals surface area contributed by atoms with E-state index in [0.29, 0.717) is 44.7 Å². The summed E-state index contributed by atoms with van der Waals surface area (Å²) in [5.41, 5.74) is 4.09. The third kappa shape index (κ3) is 3.64. The van der Waals surface area contributed by atoms with E-state index in [1.165, 1.54) is 0 Å². The summed E-state index contributed by atoms with van der Waals surface area (Å²) >= 11 is 0. The summed E-state index contributed by atoms with van der Waals surface area (Å²) in [6.07, 6.45) is 3.31. The van der Waals surface area contributed by atoms with Gasteiger partial charge in [-0.3, -0.25) is 29.1 Å². The van der Waals surface area contributed by atoms with Gasteiger partial charge in [-0.15, -0.1) is 0 Å². The zero-order chi connectivity index (χ0) is 29.9. The second kappa shape index (κ2) is 9.64. The highest BCUT2D eigenvalue weighted by Crippen LogP contribution is 2.44. The monoisotopic (exact) mass is 572 g/mol. The number of para-hydroxylation sites is 2. The minimum Gasteiger partial charge on any atom is -0.268 e. The standard InChI is InChI=1S/C36H20N4O4/c41-33-24-15-16-25-31-30(24)27(35(43)39(33)22-9-3-1-4-10-22)19-26(21-14-17-29(38-20-21)28-13-7-8-18-37-28)32(31)36(44)40(34(25)42)23-11-5-2-6-12-23/h1-20H. The maximum Gasteiger partial charge on any atom is 0.266 e. The summed E-state index contributed by atoms with van der Waals surface area (Å²) in [4.78, 5) is 67.5. The van der Waals surface area contributed by atoms with Gasteiger partial charge in [-0.05, 0) is 66.2 Å². The molecule has 4 amide bonds. The average molecular weight is 573 g/mol. The molecule has 0 aliphatic carbocycles. The van der Waals surface area contributed by atoms with Crippen molar-refractivity contribution in [1.82, 2.24) is 9.97 Å². The SMILES string of the molecule is O=C1c2ccc3c4c(c(-c5ccc(-c6ccccn6)nc5)cc(c24)C(=O)N1c1ccccc1)C(=O)N(c1ccccc1)C3=O. The molecular formula is C36H20N4O4. The van der Waals surface area contributed by atoms with Crippen molar-refractivity contribution in [2.75, 3.05) is 9.80 Å². The Labute approximate surface area is 250 Å². The van der Waals surface area contributed by atoms with E-state index in [4.69, 9.17) is 0 Å². The number of amides is 4. The van der Waals surface area contributed by atoms with Crippen LogP contribution in [-0.4, -0.2) is 33.6 Å². The lowest BCUT2D eigenvalue weighted by Crippen LogP contribution is -2.43. The van der Waals surface area contributed by atoms with Crippen molar-refractivity contribution in [3.8, 4) is 22.5 Å². The van der Waals surface area contributed by atoms with Gasteiger partial charge in [-0.1, -0.05) is 48.5 Å². The van der Waals surface area contributed by atoms with E-state index in [1.807, 2.05) is 24.3 Å². The fourth-order valence-corrected chi connectivity index (χ4v) is 6.04. The molecule has 8 rings (SSSR count). The highest BCUT2D eigenvalue weighted by molar-refractivity contribution is 6.43. The normalized spacial score (nSPS) is 14.0. The lowest BCUT2D eigenvalue weighted by Gasteiger charge is -2.33. The van der Waals surface area contributed by atoms with Crippen LogP contribution in [0.2, 0.25) is 0 Å². The van der Waals surface area contributed by atoms with Crippen LogP contribution in [0.4, 0.5) is 11.4 Å². The van der Waals surface area contributed by atoms with Crippen LogP contribution in [0, 0.1) is 0 Å². The molecule has 2 aromatic heterocycles. The Bertz CT molecular complexity index is 2180. The molecule has 8 heteroatoms. The predicted molar refractivity (Wildman–Crippen MR) is 166 cm³/mol. The zero-order valence-electron chi connectivity index (χ0n) is 23.0. The van der Waals surface area contributed by atoms with Gasteiger partial charge in [-0.25, -0.2) is 9.80 Å². The zero-order valence-corrected chi connectivity index (χ0v) is 23.0. The Kier molecular flexibility index (Phi) is 5.57. The molecule has 2 aliphatic rings. The van der Waals surface area contributed by atoms with Crippen LogP contribution in [-0.2, 0) is 0 Å². The number of nitrogens with zero attached hydrogens (tertiary/aromatic N) is 4. The molecule has 0 atom stereocenters. The molecule has 0 N–H and O–H groups in total. The van der Waals surface area contributed by atoms with Gasteiger partial charge in [0, 0.05) is 45.4 Å². The average Bonchev–Trinajstić information content (AvgIpc) is 3.07. The summed E-state index contributed by atoms with van der Waals surface area (Å²) < 4.78 is 0. The molecular weight excluding hydrogens is 552 g/mol. The lowest BCUT2D eigenvalue weighted by atomic mass is 9.82. The maximum absolute atomic E-state index is 14.4. The van der Waals surface area contributed by atoms with Crippen LogP contribution in [0.3, 0.4) is 0 Å². The summed E-state index contributed by atoms with van der Waals surface area (Å²) in [5, 5.41) is 0.594. The molecule has 44 heavy (non-hydrogen) atoms. The molecule has 0 bridgehead atoms. The molecule has 0 fully saturated rings. The largest absolute Gasteiger partial charge is 0.268 e. The van der Waals surface area contributed by atoms with E-state index in [2.05, 4.69) is 9.97 Å². The smallest absolute Gasteiger partial charge is 0.266 e. The van der Waals surface area contributed by atoms with Gasteiger partial charge in [-0.2, -0.15) is 0 Å². The molecule has 0 radical (unpaired) electrons. The fourth-order valence-electron chi connectivity index (χ4n) is 6.04. The van der Waals surface area contributed by atoms with Crippen molar-refractivity contribution in [3.63, 3.8) is 0 Å². The van der Waals surface area contributed by atoms with Crippen molar-refractivity contribution in [2.45, 2.75) is 0 Å². The van der Waals surface area contributed by atoms with E-state index in [1.54, 1.807) is 97.3 Å². The summed E-state index contributed by atoms with van der Waals surface area (Å²) in [6, 6.07) is 31.3. The molecule has 0 unspecified atom stereocenters. The third-order valence-corrected chi connectivity index (χ3v) is 8.03. The number of imide groups is 2. The molecule has 8 nitrogen and oxygen atoms in total. The number of pyridine rings is 2. The van der Waals surface area contributed by atoms with Crippen molar-refractivity contribution >= 4 is 45.8 Å². The first-order valence-electron chi connectivity index (χ1n) is 13.9. The van der Waals surface area contributed by atoms with Crippen molar-refractivity contribution < 1.29 is 19.2 Å². The first-order chi connectivity index (χ1) is 21.5. The summed E-state index contributed by atoms with van der Waals surface area (Å²) in [5.74, 6) is -2.14. The topological polar surface area (TPSA) is 101 Å². The van der Waals surface area contributed by atoms with Gasteiger partial charge in [0.05, 0.1) is 28.3 Å². The Morgan fingerprint density at radius 2 is 1.02 bits per heavy atom. The molecule has 4 aromatic carbocycles. The van der Waals surface area contributed by atoms with Gasteiger partial charge < -0.3 is 0 Å². The predicted octanol–water partition coefficient (Wildman–Crippen LogP) is 6.57. The van der Waals surface area contributed by atoms with Gasteiger partial charge in [0.2, 0.25) is 0 Å². The van der Waals surface area contributed by atoms with Crippen molar-refractivity contribution in [3.05, 3.63) is 144 Å². The Balaban J connectivity index is 1.41. The number of anilines is 2. The van der Waals surface area contributed by atoms with Crippen LogP contribution >= 0.6 is 0 Å². The highest BCUT2D eigenvalue weighted by atomic mass is 16.2. The Morgan fingerprint density at radius 1 is 0.455 bits per heavy atom. The van der Waals surface area contributed by atoms with Crippen LogP contribution in [0.5, 0.6) is 0 Å². The van der Waals surface area contributed by atoms with Gasteiger partial charge in [0.25, 0.3) is 23.6 Å². The Hall–Kier alpha value is -6.28. The van der Waals surface area contributed by atoms with Crippen LogP contribution < -0.4 is 9.80 Å². The minimum atomic E-state index is -0.549. The number of hydrogen-bond donors (Lipinski definition) is 0. The van der Waals surface area contributed by atoms with E-state index in [9.17, 15) is 19.2 Å². The molecule has 6 aromatic rings. The maximum atomic E-state index is 14.4. The number of carbonyl (C=O) groups excluding carboxylic acids is 4. The molecule has 0 saturated heterocycles. The molecule has 0 spiro atoms. The second-order valence-electron chi connectivity index (χ2n) is 10.5. The minimum absolute atomic E-state index is 0.224. The number of hydrogen-bond acceptors (Lipinski definition) is 6. The van der Waals surface area contributed by atoms with Crippen LogP contribution in [0.25, 0.3) is 33.3 Å². The first-order valence-corrected chi connectivity index (χ1v) is 13.9. The highest BCUT2D eigenvalue weighted by Gasteiger charge is 2.42. The van der Waals surface area contributed by atoms with E-state index >= 15 is 0 Å². The van der Waals surface area contributed by atoms with Gasteiger partial charge in [0.1, 0.15) is 0 Å². The van der Waals surface area contributed by atoms with Crippen LogP contribution in [0.1, 0.15) is 41.4 Å².